The van der Waals surface area contributed by atoms with E-state index >= 15 is 0 Å². The number of carbonyl (C=O) groups excluding carboxylic acids is 1. The van der Waals surface area contributed by atoms with Crippen LogP contribution in [-0.4, -0.2) is 22.4 Å². The lowest BCUT2D eigenvalue weighted by Gasteiger charge is -2.04. The monoisotopic (exact) mass is 315 g/mol. The van der Waals surface area contributed by atoms with E-state index in [1.165, 1.54) is 38.5 Å². The smallest absolute Gasteiger partial charge is 0.220 e. The normalized spacial score (nSPS) is 11.0. The molecule has 0 saturated carbocycles. The van der Waals surface area contributed by atoms with E-state index in [2.05, 4.69) is 22.2 Å². The predicted molar refractivity (Wildman–Crippen MR) is 95.4 cm³/mol. The van der Waals surface area contributed by atoms with E-state index in [0.717, 1.165) is 29.8 Å². The van der Waals surface area contributed by atoms with Crippen molar-refractivity contribution in [3.8, 4) is 0 Å². The number of hydrogen-bond donors (Lipinski definition) is 2. The lowest BCUT2D eigenvalue weighted by atomic mass is 10.1. The molecule has 0 atom stereocenters. The first-order chi connectivity index (χ1) is 11.3. The highest BCUT2D eigenvalue weighted by Gasteiger charge is 2.05. The molecule has 1 amide bonds. The van der Waals surface area contributed by atoms with Gasteiger partial charge in [-0.05, 0) is 18.6 Å². The fraction of sp³-hybridized carbons (Fsp3) is 0.579. The molecule has 0 spiro atoms. The largest absolute Gasteiger partial charge is 0.356 e. The summed E-state index contributed by atoms with van der Waals surface area (Å²) in [6, 6.07) is 7.95. The van der Waals surface area contributed by atoms with E-state index in [0.29, 0.717) is 12.8 Å². The van der Waals surface area contributed by atoms with Gasteiger partial charge in [-0.3, -0.25) is 4.79 Å². The molecule has 0 fully saturated rings. The van der Waals surface area contributed by atoms with Crippen LogP contribution in [0, 0.1) is 0 Å². The number of imidazole rings is 1. The second-order valence-corrected chi connectivity index (χ2v) is 6.17. The number of benzene rings is 1. The second-order valence-electron chi connectivity index (χ2n) is 6.17. The average molecular weight is 315 g/mol. The molecule has 0 saturated heterocycles. The summed E-state index contributed by atoms with van der Waals surface area (Å²) in [6.07, 6.45) is 10.1. The number of aromatic amines is 1. The van der Waals surface area contributed by atoms with Crippen LogP contribution in [0.15, 0.2) is 24.3 Å². The van der Waals surface area contributed by atoms with Gasteiger partial charge in [-0.1, -0.05) is 57.6 Å². The number of aryl methyl sites for hydroxylation is 1. The number of unbranched alkanes of at least 4 members (excludes halogenated alkanes) is 6. The van der Waals surface area contributed by atoms with Gasteiger partial charge >= 0.3 is 0 Å². The summed E-state index contributed by atoms with van der Waals surface area (Å²) >= 11 is 0. The van der Waals surface area contributed by atoms with Gasteiger partial charge in [-0.25, -0.2) is 4.98 Å². The van der Waals surface area contributed by atoms with Crippen LogP contribution < -0.4 is 5.32 Å². The Hall–Kier alpha value is -1.84. The number of nitrogens with zero attached hydrogens (tertiary/aromatic N) is 1. The average Bonchev–Trinajstić information content (AvgIpc) is 2.98. The Kier molecular flexibility index (Phi) is 7.64. The van der Waals surface area contributed by atoms with Crippen molar-refractivity contribution in [1.29, 1.82) is 0 Å². The molecule has 0 aliphatic carbocycles. The van der Waals surface area contributed by atoms with Gasteiger partial charge in [0.2, 0.25) is 5.91 Å². The number of nitrogens with one attached hydrogen (secondary N) is 2. The minimum atomic E-state index is 0.122. The summed E-state index contributed by atoms with van der Waals surface area (Å²) < 4.78 is 0. The van der Waals surface area contributed by atoms with Crippen molar-refractivity contribution in [3.05, 3.63) is 30.1 Å². The molecule has 4 nitrogen and oxygen atoms in total. The number of carbonyl (C=O) groups is 1. The van der Waals surface area contributed by atoms with Crippen LogP contribution in [0.3, 0.4) is 0 Å². The van der Waals surface area contributed by atoms with Gasteiger partial charge in [0.05, 0.1) is 11.0 Å². The maximum atomic E-state index is 11.9. The molecule has 0 aliphatic rings. The highest BCUT2D eigenvalue weighted by Crippen LogP contribution is 2.11. The van der Waals surface area contributed by atoms with Crippen LogP contribution in [0.5, 0.6) is 0 Å². The van der Waals surface area contributed by atoms with Gasteiger partial charge in [-0.2, -0.15) is 0 Å². The van der Waals surface area contributed by atoms with Crippen molar-refractivity contribution in [3.63, 3.8) is 0 Å². The predicted octanol–water partition coefficient (Wildman–Crippen LogP) is 4.36. The minimum absolute atomic E-state index is 0.122. The molecule has 1 heterocycles. The summed E-state index contributed by atoms with van der Waals surface area (Å²) in [5.74, 6) is 1.01. The maximum Gasteiger partial charge on any atom is 0.220 e. The van der Waals surface area contributed by atoms with Crippen LogP contribution in [0.1, 0.15) is 64.1 Å². The Labute approximate surface area is 139 Å². The molecule has 2 N–H and O–H groups in total. The molecule has 1 aromatic carbocycles. The van der Waals surface area contributed by atoms with E-state index in [-0.39, 0.29) is 5.91 Å². The standard InChI is InChI=1S/C19H29N3O/c1-2-3-4-5-6-7-10-15-20-19(23)14-13-18-21-16-11-8-9-12-17(16)22-18/h8-9,11-12H,2-7,10,13-15H2,1H3,(H,20,23)(H,21,22). The Bertz CT molecular complexity index is 558. The summed E-state index contributed by atoms with van der Waals surface area (Å²) in [6.45, 7) is 3.04. The van der Waals surface area contributed by atoms with Crippen LogP contribution in [0.2, 0.25) is 0 Å². The van der Waals surface area contributed by atoms with Crippen molar-refractivity contribution in [2.45, 2.75) is 64.7 Å². The zero-order chi connectivity index (χ0) is 16.3. The van der Waals surface area contributed by atoms with Gasteiger partial charge in [0.1, 0.15) is 5.82 Å². The van der Waals surface area contributed by atoms with Crippen molar-refractivity contribution in [2.24, 2.45) is 0 Å². The lowest BCUT2D eigenvalue weighted by molar-refractivity contribution is -0.121. The number of para-hydroxylation sites is 2. The SMILES string of the molecule is CCCCCCCCCNC(=O)CCc1nc2ccccc2[nH]1. The first kappa shape index (κ1) is 17.5. The van der Waals surface area contributed by atoms with Gasteiger partial charge in [0.15, 0.2) is 0 Å². The molecule has 0 aliphatic heterocycles. The summed E-state index contributed by atoms with van der Waals surface area (Å²) in [4.78, 5) is 19.6. The number of amides is 1. The Morgan fingerprint density at radius 2 is 1.83 bits per heavy atom. The van der Waals surface area contributed by atoms with E-state index in [4.69, 9.17) is 0 Å². The summed E-state index contributed by atoms with van der Waals surface area (Å²) in [7, 11) is 0. The zero-order valence-electron chi connectivity index (χ0n) is 14.2. The molecule has 0 bridgehead atoms. The number of rotatable bonds is 11. The first-order valence-electron chi connectivity index (χ1n) is 9.00. The minimum Gasteiger partial charge on any atom is -0.356 e. The topological polar surface area (TPSA) is 57.8 Å². The maximum absolute atomic E-state index is 11.9. The number of hydrogen-bond acceptors (Lipinski definition) is 2. The van der Waals surface area contributed by atoms with E-state index < -0.39 is 0 Å². The fourth-order valence-corrected chi connectivity index (χ4v) is 2.75. The fourth-order valence-electron chi connectivity index (χ4n) is 2.75. The van der Waals surface area contributed by atoms with Crippen LogP contribution in [-0.2, 0) is 11.2 Å². The van der Waals surface area contributed by atoms with Crippen molar-refractivity contribution < 1.29 is 4.79 Å². The van der Waals surface area contributed by atoms with Gasteiger partial charge in [0, 0.05) is 19.4 Å². The third kappa shape index (κ3) is 6.43. The lowest BCUT2D eigenvalue weighted by Crippen LogP contribution is -2.24. The van der Waals surface area contributed by atoms with E-state index in [9.17, 15) is 4.79 Å². The molecule has 0 unspecified atom stereocenters. The molecule has 2 aromatic rings. The number of H-pyrrole nitrogens is 1. The second kappa shape index (κ2) is 10.0. The highest BCUT2D eigenvalue weighted by atomic mass is 16.1. The van der Waals surface area contributed by atoms with Gasteiger partial charge in [0.25, 0.3) is 0 Å². The van der Waals surface area contributed by atoms with Gasteiger partial charge in [-0.15, -0.1) is 0 Å². The van der Waals surface area contributed by atoms with E-state index in [1.54, 1.807) is 0 Å². The summed E-state index contributed by atoms with van der Waals surface area (Å²) in [5, 5.41) is 3.01. The molecule has 2 rings (SSSR count). The molecular weight excluding hydrogens is 286 g/mol. The number of aromatic nitrogens is 2. The van der Waals surface area contributed by atoms with Gasteiger partial charge < -0.3 is 10.3 Å². The molecule has 0 radical (unpaired) electrons. The molecule has 1 aromatic heterocycles. The van der Waals surface area contributed by atoms with Crippen molar-refractivity contribution >= 4 is 16.9 Å². The van der Waals surface area contributed by atoms with Crippen molar-refractivity contribution in [1.82, 2.24) is 15.3 Å². The van der Waals surface area contributed by atoms with Crippen LogP contribution >= 0.6 is 0 Å². The highest BCUT2D eigenvalue weighted by molar-refractivity contribution is 5.77. The Balaban J connectivity index is 1.55. The Morgan fingerprint density at radius 1 is 1.09 bits per heavy atom. The van der Waals surface area contributed by atoms with Crippen LogP contribution in [0.25, 0.3) is 11.0 Å². The first-order valence-corrected chi connectivity index (χ1v) is 9.00. The molecule has 23 heavy (non-hydrogen) atoms. The third-order valence-corrected chi connectivity index (χ3v) is 4.13. The quantitative estimate of drug-likeness (QED) is 0.605. The molecular formula is C19H29N3O. The van der Waals surface area contributed by atoms with Crippen molar-refractivity contribution in [2.75, 3.05) is 6.54 Å². The van der Waals surface area contributed by atoms with E-state index in [1.807, 2.05) is 24.3 Å². The number of fused-ring (bicyclic) bond motifs is 1. The molecule has 4 heteroatoms. The summed E-state index contributed by atoms with van der Waals surface area (Å²) in [5.41, 5.74) is 2.00. The van der Waals surface area contributed by atoms with Crippen LogP contribution in [0.4, 0.5) is 0 Å². The zero-order valence-corrected chi connectivity index (χ0v) is 14.2. The third-order valence-electron chi connectivity index (χ3n) is 4.13. The molecule has 126 valence electrons. The Morgan fingerprint density at radius 3 is 2.61 bits per heavy atom.